The van der Waals surface area contributed by atoms with Gasteiger partial charge in [-0.05, 0) is 32.9 Å². The first-order valence-corrected chi connectivity index (χ1v) is 5.82. The highest BCUT2D eigenvalue weighted by atomic mass is 15.1. The molecule has 88 valence electrons. The molecule has 0 atom stereocenters. The van der Waals surface area contributed by atoms with Gasteiger partial charge in [-0.25, -0.2) is 4.98 Å². The van der Waals surface area contributed by atoms with E-state index in [2.05, 4.69) is 49.4 Å². The predicted octanol–water partition coefficient (Wildman–Crippen LogP) is 3.03. The van der Waals surface area contributed by atoms with Gasteiger partial charge in [-0.2, -0.15) is 0 Å². The molecule has 1 aliphatic rings. The topological polar surface area (TPSA) is 37.0 Å². The molecule has 0 aromatic carbocycles. The van der Waals surface area contributed by atoms with E-state index >= 15 is 0 Å². The number of aromatic nitrogens is 1. The lowest BCUT2D eigenvalue weighted by atomic mass is 9.75. The van der Waals surface area contributed by atoms with Crippen LogP contribution >= 0.6 is 0 Å². The van der Waals surface area contributed by atoms with Crippen LogP contribution in [0.15, 0.2) is 12.1 Å². The smallest absolute Gasteiger partial charge is 0.150 e. The minimum atomic E-state index is 0.0199. The Morgan fingerprint density at radius 3 is 2.56 bits per heavy atom. The third-order valence-corrected chi connectivity index (χ3v) is 3.88. The van der Waals surface area contributed by atoms with Gasteiger partial charge in [-0.1, -0.05) is 13.8 Å². The van der Waals surface area contributed by atoms with E-state index in [1.54, 1.807) is 0 Å². The lowest BCUT2D eigenvalue weighted by Crippen LogP contribution is -2.48. The van der Waals surface area contributed by atoms with Gasteiger partial charge < -0.3 is 10.6 Å². The van der Waals surface area contributed by atoms with Gasteiger partial charge in [-0.15, -0.1) is 0 Å². The fourth-order valence-electron chi connectivity index (χ4n) is 1.80. The normalized spacial score (nSPS) is 21.3. The maximum absolute atomic E-state index is 4.56. The Bertz CT molecular complexity index is 408. The molecule has 0 aliphatic carbocycles. The molecule has 0 saturated heterocycles. The fourth-order valence-corrected chi connectivity index (χ4v) is 1.80. The second-order valence-electron chi connectivity index (χ2n) is 5.84. The van der Waals surface area contributed by atoms with Crippen molar-refractivity contribution < 1.29 is 0 Å². The molecule has 2 rings (SSSR count). The number of aryl methyl sites for hydroxylation is 1. The summed E-state index contributed by atoms with van der Waals surface area (Å²) in [6.45, 7) is 12.0. The Hall–Kier alpha value is -1.25. The van der Waals surface area contributed by atoms with Gasteiger partial charge in [-0.3, -0.25) is 0 Å². The molecule has 1 aromatic heterocycles. The SMILES string of the molecule is Cc1ccc2c(n1)NC(C)(C)C(C)(C)CN2. The van der Waals surface area contributed by atoms with Crippen molar-refractivity contribution in [3.8, 4) is 0 Å². The minimum absolute atomic E-state index is 0.0199. The van der Waals surface area contributed by atoms with Crippen LogP contribution in [-0.2, 0) is 0 Å². The van der Waals surface area contributed by atoms with E-state index in [-0.39, 0.29) is 11.0 Å². The molecule has 0 saturated carbocycles. The van der Waals surface area contributed by atoms with Crippen LogP contribution in [0.5, 0.6) is 0 Å². The van der Waals surface area contributed by atoms with Crippen molar-refractivity contribution in [2.45, 2.75) is 40.2 Å². The van der Waals surface area contributed by atoms with E-state index in [1.807, 2.05) is 13.0 Å². The summed E-state index contributed by atoms with van der Waals surface area (Å²) in [5.74, 6) is 0.968. The summed E-state index contributed by atoms with van der Waals surface area (Å²) in [6, 6.07) is 4.14. The minimum Gasteiger partial charge on any atom is -0.381 e. The molecule has 1 aliphatic heterocycles. The lowest BCUT2D eigenvalue weighted by molar-refractivity contribution is 0.245. The zero-order chi connectivity index (χ0) is 12.0. The fraction of sp³-hybridized carbons (Fsp3) is 0.615. The van der Waals surface area contributed by atoms with Crippen LogP contribution in [0.2, 0.25) is 0 Å². The third-order valence-electron chi connectivity index (χ3n) is 3.88. The summed E-state index contributed by atoms with van der Waals surface area (Å²) in [7, 11) is 0. The van der Waals surface area contributed by atoms with Crippen LogP contribution in [0.1, 0.15) is 33.4 Å². The number of hydrogen-bond donors (Lipinski definition) is 2. The van der Waals surface area contributed by atoms with Gasteiger partial charge in [0.2, 0.25) is 0 Å². The Balaban J connectivity index is 2.44. The van der Waals surface area contributed by atoms with Gasteiger partial charge >= 0.3 is 0 Å². The molecule has 3 nitrogen and oxygen atoms in total. The summed E-state index contributed by atoms with van der Waals surface area (Å²) in [5, 5.41) is 7.03. The predicted molar refractivity (Wildman–Crippen MR) is 68.9 cm³/mol. The third kappa shape index (κ3) is 1.75. The van der Waals surface area contributed by atoms with Crippen LogP contribution in [-0.4, -0.2) is 17.1 Å². The summed E-state index contributed by atoms with van der Waals surface area (Å²) in [4.78, 5) is 4.56. The first-order chi connectivity index (χ1) is 7.32. The van der Waals surface area contributed by atoms with Crippen molar-refractivity contribution in [3.05, 3.63) is 17.8 Å². The van der Waals surface area contributed by atoms with Crippen LogP contribution in [0.25, 0.3) is 0 Å². The number of pyridine rings is 1. The zero-order valence-electron chi connectivity index (χ0n) is 10.8. The number of nitrogens with zero attached hydrogens (tertiary/aromatic N) is 1. The Morgan fingerprint density at radius 1 is 1.19 bits per heavy atom. The van der Waals surface area contributed by atoms with E-state index < -0.39 is 0 Å². The molecule has 3 heteroatoms. The maximum Gasteiger partial charge on any atom is 0.150 e. The molecule has 0 amide bonds. The summed E-state index contributed by atoms with van der Waals surface area (Å²) in [5.41, 5.74) is 2.33. The first kappa shape index (κ1) is 11.2. The Labute approximate surface area is 97.7 Å². The van der Waals surface area contributed by atoms with Crippen molar-refractivity contribution in [2.75, 3.05) is 17.2 Å². The highest BCUT2D eigenvalue weighted by molar-refractivity contribution is 5.66. The summed E-state index contributed by atoms with van der Waals surface area (Å²) >= 11 is 0. The van der Waals surface area contributed by atoms with Crippen molar-refractivity contribution in [3.63, 3.8) is 0 Å². The molecular weight excluding hydrogens is 198 g/mol. The van der Waals surface area contributed by atoms with Gasteiger partial charge in [0.15, 0.2) is 0 Å². The Morgan fingerprint density at radius 2 is 1.88 bits per heavy atom. The van der Waals surface area contributed by atoms with Crippen LogP contribution in [0, 0.1) is 12.3 Å². The Kier molecular flexibility index (Phi) is 2.37. The number of anilines is 2. The molecular formula is C13H21N3. The average molecular weight is 219 g/mol. The van der Waals surface area contributed by atoms with E-state index in [0.717, 1.165) is 23.7 Å². The molecule has 0 fully saturated rings. The number of fused-ring (bicyclic) bond motifs is 1. The van der Waals surface area contributed by atoms with Crippen molar-refractivity contribution in [2.24, 2.45) is 5.41 Å². The van der Waals surface area contributed by atoms with Crippen LogP contribution in [0.3, 0.4) is 0 Å². The van der Waals surface area contributed by atoms with Crippen molar-refractivity contribution in [1.29, 1.82) is 0 Å². The summed E-state index contributed by atoms with van der Waals surface area (Å²) in [6.07, 6.45) is 0. The van der Waals surface area contributed by atoms with Gasteiger partial charge in [0, 0.05) is 23.2 Å². The van der Waals surface area contributed by atoms with Gasteiger partial charge in [0.05, 0.1) is 5.69 Å². The van der Waals surface area contributed by atoms with E-state index in [4.69, 9.17) is 0 Å². The van der Waals surface area contributed by atoms with E-state index in [9.17, 15) is 0 Å². The number of hydrogen-bond acceptors (Lipinski definition) is 3. The lowest BCUT2D eigenvalue weighted by Gasteiger charge is -2.40. The molecule has 0 bridgehead atoms. The average Bonchev–Trinajstić information content (AvgIpc) is 2.22. The van der Waals surface area contributed by atoms with E-state index in [1.165, 1.54) is 0 Å². The molecule has 16 heavy (non-hydrogen) atoms. The van der Waals surface area contributed by atoms with Crippen molar-refractivity contribution in [1.82, 2.24) is 4.98 Å². The molecule has 2 N–H and O–H groups in total. The highest BCUT2D eigenvalue weighted by Gasteiger charge is 2.39. The van der Waals surface area contributed by atoms with Gasteiger partial charge in [0.25, 0.3) is 0 Å². The molecule has 1 aromatic rings. The van der Waals surface area contributed by atoms with E-state index in [0.29, 0.717) is 0 Å². The number of rotatable bonds is 0. The molecule has 0 unspecified atom stereocenters. The molecule has 0 radical (unpaired) electrons. The monoisotopic (exact) mass is 219 g/mol. The molecule has 0 spiro atoms. The van der Waals surface area contributed by atoms with Crippen LogP contribution < -0.4 is 10.6 Å². The second-order valence-corrected chi connectivity index (χ2v) is 5.84. The van der Waals surface area contributed by atoms with Crippen molar-refractivity contribution >= 4 is 11.5 Å². The van der Waals surface area contributed by atoms with Gasteiger partial charge in [0.1, 0.15) is 5.82 Å². The molecule has 2 heterocycles. The zero-order valence-corrected chi connectivity index (χ0v) is 10.8. The summed E-state index contributed by atoms with van der Waals surface area (Å²) < 4.78 is 0. The van der Waals surface area contributed by atoms with Crippen LogP contribution in [0.4, 0.5) is 11.5 Å². The first-order valence-electron chi connectivity index (χ1n) is 5.82. The standard InChI is InChI=1S/C13H21N3/c1-9-6-7-10-11(15-9)16-13(4,5)12(2,3)8-14-10/h6-7,14H,8H2,1-5H3,(H,15,16). The second kappa shape index (κ2) is 3.37. The highest BCUT2D eigenvalue weighted by Crippen LogP contribution is 2.38. The number of nitrogens with one attached hydrogen (secondary N) is 2. The maximum atomic E-state index is 4.56. The quantitative estimate of drug-likeness (QED) is 0.704. The largest absolute Gasteiger partial charge is 0.381 e.